The number of thiophene rings is 1. The van der Waals surface area contributed by atoms with E-state index in [1.54, 1.807) is 15.6 Å². The molecule has 1 aliphatic heterocycles. The Labute approximate surface area is 131 Å². The van der Waals surface area contributed by atoms with Crippen molar-refractivity contribution in [3.05, 3.63) is 22.4 Å². The van der Waals surface area contributed by atoms with Crippen molar-refractivity contribution in [3.8, 4) is 0 Å². The predicted molar refractivity (Wildman–Crippen MR) is 86.0 cm³/mol. The van der Waals surface area contributed by atoms with Crippen molar-refractivity contribution in [1.29, 1.82) is 0 Å². The van der Waals surface area contributed by atoms with E-state index in [0.717, 1.165) is 17.7 Å². The molecule has 0 radical (unpaired) electrons. The summed E-state index contributed by atoms with van der Waals surface area (Å²) in [6.45, 7) is 5.01. The molecule has 2 heterocycles. The second-order valence-corrected chi connectivity index (χ2v) is 8.47. The number of unbranched alkanes of at least 4 members (excludes halogenated alkanes) is 1. The van der Waals surface area contributed by atoms with Gasteiger partial charge in [-0.15, -0.1) is 11.3 Å². The summed E-state index contributed by atoms with van der Waals surface area (Å²) in [5.41, 5.74) is 0. The largest absolute Gasteiger partial charge is 0.386 e. The van der Waals surface area contributed by atoms with Crippen molar-refractivity contribution in [2.24, 2.45) is 0 Å². The van der Waals surface area contributed by atoms with E-state index < -0.39 is 16.1 Å². The van der Waals surface area contributed by atoms with Crippen LogP contribution in [0.4, 0.5) is 0 Å². The normalized spacial score (nSPS) is 19.7. The zero-order valence-electron chi connectivity index (χ0n) is 12.4. The number of aliphatic hydroxyl groups excluding tert-OH is 1. The van der Waals surface area contributed by atoms with E-state index in [1.165, 1.54) is 0 Å². The SMILES string of the molecule is CCCCS(=O)(=O)N1CCN(C[C@@H](O)c2cccs2)CC1. The Balaban J connectivity index is 1.80. The first-order valence-electron chi connectivity index (χ1n) is 7.44. The summed E-state index contributed by atoms with van der Waals surface area (Å²) in [6, 6.07) is 3.86. The number of β-amino-alcohol motifs (C(OH)–C–C–N with tert-alkyl or cyclic N) is 1. The first-order valence-corrected chi connectivity index (χ1v) is 9.93. The summed E-state index contributed by atoms with van der Waals surface area (Å²) in [5.74, 6) is 0.251. The third kappa shape index (κ3) is 4.75. The quantitative estimate of drug-likeness (QED) is 0.822. The molecular weight excluding hydrogens is 308 g/mol. The van der Waals surface area contributed by atoms with Gasteiger partial charge in [-0.25, -0.2) is 8.42 Å². The molecule has 1 aromatic rings. The van der Waals surface area contributed by atoms with Gasteiger partial charge < -0.3 is 5.11 Å². The van der Waals surface area contributed by atoms with E-state index in [2.05, 4.69) is 4.90 Å². The average molecular weight is 332 g/mol. The zero-order chi connectivity index (χ0) is 15.3. The van der Waals surface area contributed by atoms with Gasteiger partial charge in [0.2, 0.25) is 10.0 Å². The highest BCUT2D eigenvalue weighted by molar-refractivity contribution is 7.89. The van der Waals surface area contributed by atoms with Gasteiger partial charge in [0.15, 0.2) is 0 Å². The average Bonchev–Trinajstić information content (AvgIpc) is 3.00. The fraction of sp³-hybridized carbons (Fsp3) is 0.714. The predicted octanol–water partition coefficient (Wildman–Crippen LogP) is 1.53. The summed E-state index contributed by atoms with van der Waals surface area (Å²) >= 11 is 1.55. The van der Waals surface area contributed by atoms with Crippen molar-refractivity contribution < 1.29 is 13.5 Å². The van der Waals surface area contributed by atoms with Crippen LogP contribution in [-0.2, 0) is 10.0 Å². The lowest BCUT2D eigenvalue weighted by Crippen LogP contribution is -2.50. The Morgan fingerprint density at radius 3 is 2.62 bits per heavy atom. The van der Waals surface area contributed by atoms with Crippen LogP contribution in [0.3, 0.4) is 0 Å². The second kappa shape index (κ2) is 7.69. The molecule has 1 aliphatic rings. The molecule has 0 saturated carbocycles. The first kappa shape index (κ1) is 16.9. The van der Waals surface area contributed by atoms with E-state index in [9.17, 15) is 13.5 Å². The van der Waals surface area contributed by atoms with Crippen LogP contribution in [0.25, 0.3) is 0 Å². The topological polar surface area (TPSA) is 60.9 Å². The van der Waals surface area contributed by atoms with Gasteiger partial charge in [-0.3, -0.25) is 4.90 Å². The van der Waals surface area contributed by atoms with Crippen LogP contribution in [0.2, 0.25) is 0 Å². The molecule has 1 fully saturated rings. The fourth-order valence-electron chi connectivity index (χ4n) is 2.46. The Hall–Kier alpha value is -0.470. The standard InChI is InChI=1S/C14H24N2O3S2/c1-2-3-11-21(18,19)16-8-6-15(7-9-16)12-13(17)14-5-4-10-20-14/h4-5,10,13,17H,2-3,6-9,11-12H2,1H3/t13-/m1/s1. The minimum atomic E-state index is -3.09. The molecule has 0 bridgehead atoms. The molecule has 0 aromatic carbocycles. The van der Waals surface area contributed by atoms with Gasteiger partial charge in [0.1, 0.15) is 6.10 Å². The maximum absolute atomic E-state index is 12.1. The zero-order valence-corrected chi connectivity index (χ0v) is 14.1. The molecule has 21 heavy (non-hydrogen) atoms. The van der Waals surface area contributed by atoms with Crippen LogP contribution in [0.1, 0.15) is 30.7 Å². The maximum Gasteiger partial charge on any atom is 0.214 e. The van der Waals surface area contributed by atoms with E-state index in [0.29, 0.717) is 32.7 Å². The molecule has 120 valence electrons. The second-order valence-electron chi connectivity index (χ2n) is 5.40. The first-order chi connectivity index (χ1) is 10.0. The number of hydrogen-bond donors (Lipinski definition) is 1. The van der Waals surface area contributed by atoms with Crippen LogP contribution in [0.5, 0.6) is 0 Å². The maximum atomic E-state index is 12.1. The third-order valence-corrected chi connectivity index (χ3v) is 6.71. The number of nitrogens with zero attached hydrogens (tertiary/aromatic N) is 2. The lowest BCUT2D eigenvalue weighted by molar-refractivity contribution is 0.0942. The Kier molecular flexibility index (Phi) is 6.19. The minimum absolute atomic E-state index is 0.251. The summed E-state index contributed by atoms with van der Waals surface area (Å²) < 4.78 is 25.8. The summed E-state index contributed by atoms with van der Waals surface area (Å²) in [5, 5.41) is 12.1. The molecule has 0 aliphatic carbocycles. The smallest absolute Gasteiger partial charge is 0.214 e. The van der Waals surface area contributed by atoms with Gasteiger partial charge in [-0.05, 0) is 17.9 Å². The molecule has 1 atom stereocenters. The number of rotatable bonds is 7. The van der Waals surface area contributed by atoms with Gasteiger partial charge in [0.25, 0.3) is 0 Å². The van der Waals surface area contributed by atoms with Crippen LogP contribution < -0.4 is 0 Å². The van der Waals surface area contributed by atoms with E-state index in [4.69, 9.17) is 0 Å². The van der Waals surface area contributed by atoms with Gasteiger partial charge in [0, 0.05) is 37.6 Å². The Bertz CT molecular complexity index is 508. The molecule has 2 rings (SSSR count). The van der Waals surface area contributed by atoms with E-state index in [1.807, 2.05) is 24.4 Å². The molecule has 0 amide bonds. The van der Waals surface area contributed by atoms with Crippen molar-refractivity contribution in [2.75, 3.05) is 38.5 Å². The molecular formula is C14H24N2O3S2. The Morgan fingerprint density at radius 1 is 1.33 bits per heavy atom. The van der Waals surface area contributed by atoms with E-state index >= 15 is 0 Å². The van der Waals surface area contributed by atoms with E-state index in [-0.39, 0.29) is 5.75 Å². The van der Waals surface area contributed by atoms with Crippen molar-refractivity contribution in [1.82, 2.24) is 9.21 Å². The summed E-state index contributed by atoms with van der Waals surface area (Å²) in [7, 11) is -3.09. The summed E-state index contributed by atoms with van der Waals surface area (Å²) in [6.07, 6.45) is 1.14. The van der Waals surface area contributed by atoms with Crippen LogP contribution in [0, 0.1) is 0 Å². The number of sulfonamides is 1. The molecule has 0 unspecified atom stereocenters. The molecule has 7 heteroatoms. The third-order valence-electron chi connectivity index (χ3n) is 3.78. The lowest BCUT2D eigenvalue weighted by Gasteiger charge is -2.34. The summed E-state index contributed by atoms with van der Waals surface area (Å²) in [4.78, 5) is 3.10. The molecule has 1 saturated heterocycles. The van der Waals surface area contributed by atoms with Crippen molar-refractivity contribution in [3.63, 3.8) is 0 Å². The molecule has 1 aromatic heterocycles. The minimum Gasteiger partial charge on any atom is -0.386 e. The lowest BCUT2D eigenvalue weighted by atomic mass is 10.2. The Morgan fingerprint density at radius 2 is 2.05 bits per heavy atom. The van der Waals surface area contributed by atoms with Crippen LogP contribution in [0.15, 0.2) is 17.5 Å². The molecule has 5 nitrogen and oxygen atoms in total. The van der Waals surface area contributed by atoms with Crippen molar-refractivity contribution >= 4 is 21.4 Å². The number of piperazine rings is 1. The highest BCUT2D eigenvalue weighted by Crippen LogP contribution is 2.20. The number of hydrogen-bond acceptors (Lipinski definition) is 5. The van der Waals surface area contributed by atoms with Crippen molar-refractivity contribution in [2.45, 2.75) is 25.9 Å². The molecule has 0 spiro atoms. The fourth-order valence-corrected chi connectivity index (χ4v) is 4.80. The monoisotopic (exact) mass is 332 g/mol. The highest BCUT2D eigenvalue weighted by Gasteiger charge is 2.27. The van der Waals surface area contributed by atoms with Gasteiger partial charge in [0.05, 0.1) is 5.75 Å². The van der Waals surface area contributed by atoms with Gasteiger partial charge >= 0.3 is 0 Å². The van der Waals surface area contributed by atoms with Crippen LogP contribution in [-0.4, -0.2) is 61.2 Å². The van der Waals surface area contributed by atoms with Gasteiger partial charge in [-0.1, -0.05) is 19.4 Å². The van der Waals surface area contributed by atoms with Gasteiger partial charge in [-0.2, -0.15) is 4.31 Å². The number of aliphatic hydroxyl groups is 1. The van der Waals surface area contributed by atoms with Crippen LogP contribution >= 0.6 is 11.3 Å². The molecule has 1 N–H and O–H groups in total. The highest BCUT2D eigenvalue weighted by atomic mass is 32.2.